The van der Waals surface area contributed by atoms with Crippen LogP contribution in [0.2, 0.25) is 0 Å². The van der Waals surface area contributed by atoms with Gasteiger partial charge in [-0.15, -0.1) is 11.6 Å². The van der Waals surface area contributed by atoms with E-state index >= 15 is 0 Å². The summed E-state index contributed by atoms with van der Waals surface area (Å²) in [4.78, 5) is 0. The predicted octanol–water partition coefficient (Wildman–Crippen LogP) is -3.07. The van der Waals surface area contributed by atoms with Gasteiger partial charge in [-0.2, -0.15) is 5.56 Å². The van der Waals surface area contributed by atoms with Crippen LogP contribution in [0.4, 0.5) is 0 Å². The van der Waals surface area contributed by atoms with Crippen molar-refractivity contribution in [2.75, 3.05) is 0 Å². The van der Waals surface area contributed by atoms with Crippen molar-refractivity contribution < 1.29 is 51.0 Å². The number of hydrogen-bond donors (Lipinski definition) is 0. The van der Waals surface area contributed by atoms with E-state index in [1.54, 1.807) is 0 Å². The van der Waals surface area contributed by atoms with Gasteiger partial charge in [0.2, 0.25) is 0 Å². The van der Waals surface area contributed by atoms with Crippen molar-refractivity contribution in [1.82, 2.24) is 0 Å². The number of halogens is 2. The van der Waals surface area contributed by atoms with Crippen LogP contribution in [0.3, 0.4) is 0 Å². The summed E-state index contributed by atoms with van der Waals surface area (Å²) in [5, 5.41) is 0. The largest absolute Gasteiger partial charge is 3.00 e. The molecule has 0 heterocycles. The van der Waals surface area contributed by atoms with E-state index in [0.29, 0.717) is 5.92 Å². The summed E-state index contributed by atoms with van der Waals surface area (Å²) >= 11 is 0. The van der Waals surface area contributed by atoms with Gasteiger partial charge in [0.05, 0.1) is 0 Å². The molecule has 2 rings (SSSR count). The van der Waals surface area contributed by atoms with E-state index in [-0.39, 0.29) is 51.0 Å². The van der Waals surface area contributed by atoms with Gasteiger partial charge in [0.15, 0.2) is 0 Å². The minimum Gasteiger partial charge on any atom is -1.00 e. The van der Waals surface area contributed by atoms with Gasteiger partial charge in [-0.3, -0.25) is 6.08 Å². The molecule has 1 aromatic carbocycles. The minimum atomic E-state index is 0. The second-order valence-corrected chi connectivity index (χ2v) is 3.17. The maximum Gasteiger partial charge on any atom is 3.00 e. The fourth-order valence-corrected chi connectivity index (χ4v) is 1.51. The fourth-order valence-electron chi connectivity index (χ4n) is 1.51. The molecule has 1 radical (unpaired) electrons. The van der Waals surface area contributed by atoms with Crippen LogP contribution in [0.25, 0.3) is 6.08 Å². The molecule has 1 unspecified atom stereocenters. The second-order valence-electron chi connectivity index (χ2n) is 3.17. The maximum atomic E-state index is 3.29. The Hall–Kier alpha value is 0.423. The van der Waals surface area contributed by atoms with Crippen molar-refractivity contribution in [1.29, 1.82) is 0 Å². The third kappa shape index (κ3) is 3.22. The monoisotopic (exact) mass is 303 g/mol. The van der Waals surface area contributed by atoms with Crippen LogP contribution in [-0.4, -0.2) is 0 Å². The molecule has 0 fully saturated rings. The fraction of sp³-hybridized carbons (Fsp3) is 0.273. The molecular formula is C11H11Cl2Zr. The Balaban J connectivity index is 0. The molecule has 14 heavy (non-hydrogen) atoms. The molecule has 1 aliphatic rings. The predicted molar refractivity (Wildman–Crippen MR) is 47.3 cm³/mol. The normalized spacial score (nSPS) is 16.0. The van der Waals surface area contributed by atoms with Crippen molar-refractivity contribution in [3.8, 4) is 0 Å². The Morgan fingerprint density at radius 3 is 2.50 bits per heavy atom. The first kappa shape index (κ1) is 16.8. The Morgan fingerprint density at radius 1 is 1.21 bits per heavy atom. The Labute approximate surface area is 117 Å². The van der Waals surface area contributed by atoms with Crippen molar-refractivity contribution in [3.63, 3.8) is 0 Å². The van der Waals surface area contributed by atoms with E-state index in [2.05, 4.69) is 44.2 Å². The number of fused-ring (bicyclic) bond motifs is 1. The van der Waals surface area contributed by atoms with Crippen molar-refractivity contribution >= 4 is 6.08 Å². The van der Waals surface area contributed by atoms with Crippen LogP contribution in [0.15, 0.2) is 18.2 Å². The zero-order valence-corrected chi connectivity index (χ0v) is 12.1. The molecule has 0 aliphatic heterocycles. The van der Waals surface area contributed by atoms with Gasteiger partial charge < -0.3 is 24.8 Å². The number of hydrogen-bond acceptors (Lipinski definition) is 0. The molecule has 1 atom stereocenters. The number of allylic oxidation sites excluding steroid dienone is 1. The summed E-state index contributed by atoms with van der Waals surface area (Å²) in [7, 11) is 0. The van der Waals surface area contributed by atoms with Crippen molar-refractivity contribution in [2.45, 2.75) is 19.8 Å². The third-order valence-corrected chi connectivity index (χ3v) is 2.20. The number of rotatable bonds is 0. The summed E-state index contributed by atoms with van der Waals surface area (Å²) in [5.74, 6) is 0.491. The van der Waals surface area contributed by atoms with Crippen LogP contribution < -0.4 is 24.8 Å². The van der Waals surface area contributed by atoms with E-state index < -0.39 is 0 Å². The Kier molecular flexibility index (Phi) is 8.21. The summed E-state index contributed by atoms with van der Waals surface area (Å²) in [6.45, 7) is 4.31. The third-order valence-electron chi connectivity index (χ3n) is 2.20. The molecule has 1 aliphatic carbocycles. The van der Waals surface area contributed by atoms with E-state index in [9.17, 15) is 0 Å². The summed E-state index contributed by atoms with van der Waals surface area (Å²) < 4.78 is 0. The molecule has 0 bridgehead atoms. The number of benzene rings is 1. The molecule has 0 nitrogen and oxygen atoms in total. The molecule has 0 spiro atoms. The average molecular weight is 305 g/mol. The zero-order chi connectivity index (χ0) is 7.84. The SMILES string of the molecule is Cc1ccc2c(c1)C(C)[C-]=C2.[Cl-].[Cl-].[Zr+3]. The van der Waals surface area contributed by atoms with Crippen LogP contribution in [0.1, 0.15) is 29.5 Å². The first-order valence-corrected chi connectivity index (χ1v) is 3.97. The first-order valence-electron chi connectivity index (χ1n) is 3.97. The van der Waals surface area contributed by atoms with Crippen molar-refractivity contribution in [3.05, 3.63) is 41.0 Å². The second kappa shape index (κ2) is 6.82. The Bertz CT molecular complexity index is 321. The smallest absolute Gasteiger partial charge is 1.00 e. The van der Waals surface area contributed by atoms with E-state index in [1.807, 2.05) is 0 Å². The van der Waals surface area contributed by atoms with Crippen LogP contribution in [0.5, 0.6) is 0 Å². The maximum absolute atomic E-state index is 3.29. The standard InChI is InChI=1S/C11H11.2ClH.Zr/c1-8-3-5-10-6-4-9(2)11(10)7-8;;;/h3,5-7,9H,1-2H3;2*1H;/q-1;;;+3/p-2. The molecular weight excluding hydrogens is 294 g/mol. The van der Waals surface area contributed by atoms with Gasteiger partial charge in [0.25, 0.3) is 0 Å². The molecule has 0 aromatic heterocycles. The van der Waals surface area contributed by atoms with Gasteiger partial charge in [-0.1, -0.05) is 30.5 Å². The molecule has 1 aromatic rings. The van der Waals surface area contributed by atoms with Gasteiger partial charge in [-0.25, -0.2) is 6.08 Å². The van der Waals surface area contributed by atoms with Gasteiger partial charge >= 0.3 is 26.2 Å². The molecule has 0 saturated heterocycles. The van der Waals surface area contributed by atoms with E-state index in [1.165, 1.54) is 16.7 Å². The first-order chi connectivity index (χ1) is 5.27. The molecule has 0 amide bonds. The van der Waals surface area contributed by atoms with Crippen LogP contribution in [0, 0.1) is 13.0 Å². The average Bonchev–Trinajstić information content (AvgIpc) is 2.33. The summed E-state index contributed by atoms with van der Waals surface area (Å²) in [5.41, 5.74) is 4.10. The van der Waals surface area contributed by atoms with E-state index in [0.717, 1.165) is 0 Å². The zero-order valence-electron chi connectivity index (χ0n) is 8.14. The van der Waals surface area contributed by atoms with Crippen LogP contribution in [-0.2, 0) is 26.2 Å². The van der Waals surface area contributed by atoms with Crippen molar-refractivity contribution in [2.24, 2.45) is 0 Å². The van der Waals surface area contributed by atoms with E-state index in [4.69, 9.17) is 0 Å². The topological polar surface area (TPSA) is 0 Å². The summed E-state index contributed by atoms with van der Waals surface area (Å²) in [6.07, 6.45) is 5.37. The summed E-state index contributed by atoms with van der Waals surface area (Å²) in [6, 6.07) is 6.56. The van der Waals surface area contributed by atoms with Gasteiger partial charge in [-0.05, 0) is 6.92 Å². The number of aryl methyl sites for hydroxylation is 1. The molecule has 0 N–H and O–H groups in total. The molecule has 73 valence electrons. The molecule has 0 saturated carbocycles. The van der Waals surface area contributed by atoms with Gasteiger partial charge in [0, 0.05) is 0 Å². The quantitative estimate of drug-likeness (QED) is 0.447. The van der Waals surface area contributed by atoms with Gasteiger partial charge in [0.1, 0.15) is 0 Å². The minimum absolute atomic E-state index is 0. The molecule has 3 heteroatoms. The van der Waals surface area contributed by atoms with Crippen LogP contribution >= 0.6 is 0 Å². The Morgan fingerprint density at radius 2 is 1.86 bits per heavy atom.